The average molecular weight is 305 g/mol. The molecule has 1 atom stereocenters. The fourth-order valence-corrected chi connectivity index (χ4v) is 1.77. The molecule has 0 spiro atoms. The predicted molar refractivity (Wildman–Crippen MR) is 69.5 cm³/mol. The first-order chi connectivity index (χ1) is 7.78. The first-order valence-corrected chi connectivity index (χ1v) is 6.33. The van der Waals surface area contributed by atoms with Crippen LogP contribution in [0.3, 0.4) is 0 Å². The van der Waals surface area contributed by atoms with E-state index in [4.69, 9.17) is 4.74 Å². The summed E-state index contributed by atoms with van der Waals surface area (Å²) in [7, 11) is 0. The largest absolute Gasteiger partial charge is 0.390 e. The lowest BCUT2D eigenvalue weighted by molar-refractivity contribution is -0.0484. The summed E-state index contributed by atoms with van der Waals surface area (Å²) < 4.78 is 19.7. The Hall–Kier alpha value is -0.450. The van der Waals surface area contributed by atoms with Crippen molar-refractivity contribution in [2.75, 3.05) is 6.61 Å². The zero-order valence-corrected chi connectivity index (χ0v) is 11.9. The van der Waals surface area contributed by atoms with Crippen molar-refractivity contribution in [2.24, 2.45) is 0 Å². The van der Waals surface area contributed by atoms with E-state index < -0.39 is 6.10 Å². The fraction of sp³-hybridized carbons (Fsp3) is 0.538. The lowest BCUT2D eigenvalue weighted by atomic mass is 10.1. The van der Waals surface area contributed by atoms with Crippen LogP contribution in [0, 0.1) is 5.82 Å². The molecule has 1 rings (SSSR count). The van der Waals surface area contributed by atoms with Gasteiger partial charge in [0.25, 0.3) is 0 Å². The molecular formula is C13H18BrFO2. The molecule has 4 heteroatoms. The Labute approximate surface area is 110 Å². The molecule has 96 valence electrons. The zero-order chi connectivity index (χ0) is 13.1. The summed E-state index contributed by atoms with van der Waals surface area (Å²) in [5.74, 6) is -0.303. The zero-order valence-electron chi connectivity index (χ0n) is 10.3. The van der Waals surface area contributed by atoms with Gasteiger partial charge in [0, 0.05) is 10.9 Å². The van der Waals surface area contributed by atoms with Crippen LogP contribution in [0.15, 0.2) is 22.7 Å². The highest BCUT2D eigenvalue weighted by Crippen LogP contribution is 2.17. The number of aliphatic hydroxyl groups is 1. The van der Waals surface area contributed by atoms with E-state index in [2.05, 4.69) is 15.9 Å². The molecule has 0 aliphatic heterocycles. The topological polar surface area (TPSA) is 29.5 Å². The number of benzene rings is 1. The number of hydrogen-bond donors (Lipinski definition) is 1. The molecule has 2 nitrogen and oxygen atoms in total. The summed E-state index contributed by atoms with van der Waals surface area (Å²) in [6.45, 7) is 5.95. The Kier molecular flexibility index (Phi) is 5.10. The van der Waals surface area contributed by atoms with Gasteiger partial charge in [-0.05, 0) is 44.5 Å². The summed E-state index contributed by atoms with van der Waals surface area (Å²) in [4.78, 5) is 0. The SMILES string of the molecule is CC(C)(C)OCC(O)Cc1cc(Br)ccc1F. The number of ether oxygens (including phenoxy) is 1. The van der Waals surface area contributed by atoms with Crippen molar-refractivity contribution in [1.29, 1.82) is 0 Å². The lowest BCUT2D eigenvalue weighted by Gasteiger charge is -2.22. The highest BCUT2D eigenvalue weighted by molar-refractivity contribution is 9.10. The van der Waals surface area contributed by atoms with E-state index in [-0.39, 0.29) is 24.4 Å². The van der Waals surface area contributed by atoms with Gasteiger partial charge in [0.05, 0.1) is 18.3 Å². The van der Waals surface area contributed by atoms with Crippen molar-refractivity contribution < 1.29 is 14.2 Å². The van der Waals surface area contributed by atoms with Gasteiger partial charge in [0.2, 0.25) is 0 Å². The number of hydrogen-bond acceptors (Lipinski definition) is 2. The summed E-state index contributed by atoms with van der Waals surface area (Å²) in [5.41, 5.74) is 0.195. The molecule has 1 aromatic carbocycles. The van der Waals surface area contributed by atoms with Crippen molar-refractivity contribution >= 4 is 15.9 Å². The molecular weight excluding hydrogens is 287 g/mol. The standard InChI is InChI=1S/C13H18BrFO2/c1-13(2,3)17-8-11(16)7-9-6-10(14)4-5-12(9)15/h4-6,11,16H,7-8H2,1-3H3. The van der Waals surface area contributed by atoms with Crippen molar-refractivity contribution in [3.05, 3.63) is 34.1 Å². The van der Waals surface area contributed by atoms with Gasteiger partial charge < -0.3 is 9.84 Å². The predicted octanol–water partition coefficient (Wildman–Crippen LogP) is 3.31. The van der Waals surface area contributed by atoms with E-state index >= 15 is 0 Å². The van der Waals surface area contributed by atoms with Crippen molar-refractivity contribution in [3.63, 3.8) is 0 Å². The third-order valence-electron chi connectivity index (χ3n) is 2.17. The van der Waals surface area contributed by atoms with Gasteiger partial charge >= 0.3 is 0 Å². The van der Waals surface area contributed by atoms with Crippen molar-refractivity contribution in [3.8, 4) is 0 Å². The Bertz CT molecular complexity index is 374. The van der Waals surface area contributed by atoms with Crippen LogP contribution in [0.5, 0.6) is 0 Å². The fourth-order valence-electron chi connectivity index (χ4n) is 1.36. The van der Waals surface area contributed by atoms with Crippen molar-refractivity contribution in [2.45, 2.75) is 38.9 Å². The minimum Gasteiger partial charge on any atom is -0.390 e. The van der Waals surface area contributed by atoms with Gasteiger partial charge in [0.15, 0.2) is 0 Å². The van der Waals surface area contributed by atoms with E-state index in [9.17, 15) is 9.50 Å². The molecule has 0 fully saturated rings. The van der Waals surface area contributed by atoms with Gasteiger partial charge in [-0.25, -0.2) is 4.39 Å². The molecule has 0 heterocycles. The van der Waals surface area contributed by atoms with E-state index in [0.29, 0.717) is 5.56 Å². The number of aliphatic hydroxyl groups excluding tert-OH is 1. The van der Waals surface area contributed by atoms with E-state index in [0.717, 1.165) is 4.47 Å². The van der Waals surface area contributed by atoms with Crippen LogP contribution in [-0.4, -0.2) is 23.4 Å². The Morgan fingerprint density at radius 2 is 2.06 bits per heavy atom. The van der Waals surface area contributed by atoms with Crippen LogP contribution in [0.4, 0.5) is 4.39 Å². The maximum atomic E-state index is 13.4. The quantitative estimate of drug-likeness (QED) is 0.925. The molecule has 0 aliphatic rings. The molecule has 1 aromatic rings. The molecule has 0 bridgehead atoms. The summed E-state index contributed by atoms with van der Waals surface area (Å²) in [5, 5.41) is 9.77. The monoisotopic (exact) mass is 304 g/mol. The Morgan fingerprint density at radius 1 is 1.41 bits per heavy atom. The molecule has 17 heavy (non-hydrogen) atoms. The molecule has 1 unspecified atom stereocenters. The number of halogens is 2. The maximum Gasteiger partial charge on any atom is 0.126 e. The third-order valence-corrected chi connectivity index (χ3v) is 2.67. The smallest absolute Gasteiger partial charge is 0.126 e. The molecule has 0 aliphatic carbocycles. The minimum absolute atomic E-state index is 0.204. The molecule has 0 saturated heterocycles. The summed E-state index contributed by atoms with van der Waals surface area (Å²) >= 11 is 3.28. The van der Waals surface area contributed by atoms with Crippen LogP contribution >= 0.6 is 15.9 Å². The van der Waals surface area contributed by atoms with E-state index in [1.165, 1.54) is 6.07 Å². The molecule has 0 saturated carbocycles. The van der Waals surface area contributed by atoms with Gasteiger partial charge in [-0.15, -0.1) is 0 Å². The van der Waals surface area contributed by atoms with Crippen LogP contribution in [-0.2, 0) is 11.2 Å². The summed E-state index contributed by atoms with van der Waals surface area (Å²) in [6.07, 6.45) is -0.445. The van der Waals surface area contributed by atoms with Crippen LogP contribution in [0.25, 0.3) is 0 Å². The van der Waals surface area contributed by atoms with Crippen LogP contribution in [0.2, 0.25) is 0 Å². The third kappa shape index (κ3) is 5.61. The number of rotatable bonds is 4. The highest BCUT2D eigenvalue weighted by atomic mass is 79.9. The molecule has 0 amide bonds. The van der Waals surface area contributed by atoms with Gasteiger partial charge in [-0.2, -0.15) is 0 Å². The van der Waals surface area contributed by atoms with Gasteiger partial charge in [0.1, 0.15) is 5.82 Å². The van der Waals surface area contributed by atoms with Crippen LogP contribution < -0.4 is 0 Å². The second kappa shape index (κ2) is 5.94. The summed E-state index contributed by atoms with van der Waals surface area (Å²) in [6, 6.07) is 4.70. The molecule has 1 N–H and O–H groups in total. The van der Waals surface area contributed by atoms with Gasteiger partial charge in [-0.3, -0.25) is 0 Å². The molecule has 0 aromatic heterocycles. The second-order valence-electron chi connectivity index (χ2n) is 5.02. The van der Waals surface area contributed by atoms with Crippen LogP contribution in [0.1, 0.15) is 26.3 Å². The minimum atomic E-state index is -0.696. The Morgan fingerprint density at radius 3 is 2.65 bits per heavy atom. The first kappa shape index (κ1) is 14.6. The first-order valence-electron chi connectivity index (χ1n) is 5.54. The molecule has 0 radical (unpaired) electrons. The maximum absolute atomic E-state index is 13.4. The van der Waals surface area contributed by atoms with Gasteiger partial charge in [-0.1, -0.05) is 15.9 Å². The highest BCUT2D eigenvalue weighted by Gasteiger charge is 2.15. The van der Waals surface area contributed by atoms with E-state index in [1.807, 2.05) is 20.8 Å². The Balaban J connectivity index is 2.56. The average Bonchev–Trinajstić information content (AvgIpc) is 2.20. The van der Waals surface area contributed by atoms with Crippen molar-refractivity contribution in [1.82, 2.24) is 0 Å². The van der Waals surface area contributed by atoms with E-state index in [1.54, 1.807) is 12.1 Å². The lowest BCUT2D eigenvalue weighted by Crippen LogP contribution is -2.27. The normalized spacial score (nSPS) is 13.8. The second-order valence-corrected chi connectivity index (χ2v) is 5.93.